The zero-order chi connectivity index (χ0) is 20.2. The summed E-state index contributed by atoms with van der Waals surface area (Å²) in [6.45, 7) is 0.848. The number of unbranched alkanes of at least 4 members (excludes halogenated alkanes) is 1. The first-order chi connectivity index (χ1) is 13.5. The molecule has 28 heavy (non-hydrogen) atoms. The maximum Gasteiger partial charge on any atom is 0.257 e. The van der Waals surface area contributed by atoms with E-state index in [0.717, 1.165) is 12.8 Å². The summed E-state index contributed by atoms with van der Waals surface area (Å²) < 4.78 is 10.6. The van der Waals surface area contributed by atoms with Crippen molar-refractivity contribution in [1.82, 2.24) is 15.6 Å². The van der Waals surface area contributed by atoms with E-state index in [1.165, 1.54) is 6.20 Å². The van der Waals surface area contributed by atoms with Crippen molar-refractivity contribution < 1.29 is 19.1 Å². The van der Waals surface area contributed by atoms with E-state index in [2.05, 4.69) is 15.6 Å². The van der Waals surface area contributed by atoms with Crippen LogP contribution >= 0.6 is 23.2 Å². The SMILES string of the molecule is O=C(COc1ccc(Cl)cc1)NCCCCNC(=O)COc1ccc(Cl)nc1. The predicted molar refractivity (Wildman–Crippen MR) is 107 cm³/mol. The minimum absolute atomic E-state index is 0.0603. The molecule has 9 heteroatoms. The van der Waals surface area contributed by atoms with Crippen LogP contribution in [0.25, 0.3) is 0 Å². The Bertz CT molecular complexity index is 689. The molecule has 0 atom stereocenters. The van der Waals surface area contributed by atoms with Crippen LogP contribution in [0.5, 0.6) is 11.5 Å². The molecule has 1 aromatic heterocycles. The molecule has 0 unspecified atom stereocenters. The molecule has 0 saturated heterocycles. The van der Waals surface area contributed by atoms with Crippen LogP contribution in [0.15, 0.2) is 42.6 Å². The number of aromatic nitrogens is 1. The van der Waals surface area contributed by atoms with Crippen LogP contribution in [-0.4, -0.2) is 43.1 Å². The molecular weight excluding hydrogens is 405 g/mol. The van der Waals surface area contributed by atoms with Crippen molar-refractivity contribution in [3.63, 3.8) is 0 Å². The van der Waals surface area contributed by atoms with Crippen LogP contribution in [-0.2, 0) is 9.59 Å². The molecule has 2 N–H and O–H groups in total. The lowest BCUT2D eigenvalue weighted by Crippen LogP contribution is -2.32. The van der Waals surface area contributed by atoms with Gasteiger partial charge in [0.2, 0.25) is 0 Å². The fourth-order valence-electron chi connectivity index (χ4n) is 2.08. The highest BCUT2D eigenvalue weighted by Crippen LogP contribution is 2.15. The van der Waals surface area contributed by atoms with E-state index in [0.29, 0.717) is 34.8 Å². The number of hydrogen-bond donors (Lipinski definition) is 2. The summed E-state index contributed by atoms with van der Waals surface area (Å²) in [4.78, 5) is 27.3. The Balaban J connectivity index is 1.47. The topological polar surface area (TPSA) is 89.6 Å². The predicted octanol–water partition coefficient (Wildman–Crippen LogP) is 2.86. The van der Waals surface area contributed by atoms with Gasteiger partial charge in [-0.1, -0.05) is 23.2 Å². The summed E-state index contributed by atoms with van der Waals surface area (Å²) in [5, 5.41) is 6.47. The summed E-state index contributed by atoms with van der Waals surface area (Å²) in [7, 11) is 0. The number of amides is 2. The van der Waals surface area contributed by atoms with Gasteiger partial charge in [-0.2, -0.15) is 0 Å². The number of halogens is 2. The van der Waals surface area contributed by atoms with Gasteiger partial charge in [0.1, 0.15) is 16.7 Å². The first-order valence-electron chi connectivity index (χ1n) is 8.69. The van der Waals surface area contributed by atoms with Gasteiger partial charge in [-0.15, -0.1) is 0 Å². The van der Waals surface area contributed by atoms with Crippen molar-refractivity contribution in [2.24, 2.45) is 0 Å². The molecule has 2 amide bonds. The molecule has 0 radical (unpaired) electrons. The highest BCUT2D eigenvalue weighted by molar-refractivity contribution is 6.30. The average Bonchev–Trinajstić information content (AvgIpc) is 2.69. The molecule has 0 saturated carbocycles. The number of pyridine rings is 1. The number of rotatable bonds is 11. The highest BCUT2D eigenvalue weighted by Gasteiger charge is 2.04. The first kappa shape index (κ1) is 21.8. The Hall–Kier alpha value is -2.51. The standard InChI is InChI=1S/C19H21Cl2N3O4/c20-14-3-5-15(6-4-14)27-12-18(25)22-9-1-2-10-23-19(26)13-28-16-7-8-17(21)24-11-16/h3-8,11H,1-2,9-10,12-13H2,(H,22,25)(H,23,26). The first-order valence-corrected chi connectivity index (χ1v) is 9.44. The van der Waals surface area contributed by atoms with Gasteiger partial charge in [0.25, 0.3) is 11.8 Å². The van der Waals surface area contributed by atoms with E-state index >= 15 is 0 Å². The van der Waals surface area contributed by atoms with E-state index < -0.39 is 0 Å². The Kier molecular flexibility index (Phi) is 9.37. The third-order valence-corrected chi connectivity index (χ3v) is 3.98. The second-order valence-corrected chi connectivity index (χ2v) is 6.58. The third-order valence-electron chi connectivity index (χ3n) is 3.50. The lowest BCUT2D eigenvalue weighted by Gasteiger charge is -2.09. The zero-order valence-electron chi connectivity index (χ0n) is 15.1. The Morgan fingerprint density at radius 1 is 0.821 bits per heavy atom. The van der Waals surface area contributed by atoms with Gasteiger partial charge >= 0.3 is 0 Å². The Morgan fingerprint density at radius 3 is 1.89 bits per heavy atom. The van der Waals surface area contributed by atoms with Gasteiger partial charge in [-0.3, -0.25) is 9.59 Å². The van der Waals surface area contributed by atoms with Crippen LogP contribution in [0, 0.1) is 0 Å². The number of ether oxygens (including phenoxy) is 2. The Morgan fingerprint density at radius 2 is 1.36 bits per heavy atom. The number of hydrogen-bond acceptors (Lipinski definition) is 5. The van der Waals surface area contributed by atoms with Gasteiger partial charge in [0.05, 0.1) is 6.20 Å². The monoisotopic (exact) mass is 425 g/mol. The van der Waals surface area contributed by atoms with Crippen LogP contribution in [0.3, 0.4) is 0 Å². The largest absolute Gasteiger partial charge is 0.484 e. The van der Waals surface area contributed by atoms with Gasteiger partial charge < -0.3 is 20.1 Å². The maximum absolute atomic E-state index is 11.7. The molecule has 0 aliphatic rings. The molecule has 0 aliphatic carbocycles. The quantitative estimate of drug-likeness (QED) is 0.426. The maximum atomic E-state index is 11.7. The fourth-order valence-corrected chi connectivity index (χ4v) is 2.32. The number of carbonyl (C=O) groups excluding carboxylic acids is 2. The summed E-state index contributed by atoms with van der Waals surface area (Å²) in [6.07, 6.45) is 2.91. The van der Waals surface area contributed by atoms with Crippen LogP contribution < -0.4 is 20.1 Å². The summed E-state index contributed by atoms with van der Waals surface area (Å²) >= 11 is 11.5. The minimum atomic E-state index is -0.227. The molecule has 7 nitrogen and oxygen atoms in total. The number of nitrogens with one attached hydrogen (secondary N) is 2. The molecule has 2 aromatic rings. The molecular formula is C19H21Cl2N3O4. The number of benzene rings is 1. The smallest absolute Gasteiger partial charge is 0.257 e. The minimum Gasteiger partial charge on any atom is -0.484 e. The summed E-state index contributed by atoms with van der Waals surface area (Å²) in [5.41, 5.74) is 0. The lowest BCUT2D eigenvalue weighted by molar-refractivity contribution is -0.124. The second-order valence-electron chi connectivity index (χ2n) is 5.75. The third kappa shape index (κ3) is 8.92. The molecule has 0 bridgehead atoms. The second kappa shape index (κ2) is 12.0. The van der Waals surface area contributed by atoms with E-state index in [4.69, 9.17) is 32.7 Å². The van der Waals surface area contributed by atoms with Crippen LogP contribution in [0.1, 0.15) is 12.8 Å². The van der Waals surface area contributed by atoms with Crippen molar-refractivity contribution >= 4 is 35.0 Å². The van der Waals surface area contributed by atoms with E-state index in [9.17, 15) is 9.59 Å². The summed E-state index contributed by atoms with van der Waals surface area (Å²) in [5.74, 6) is 0.626. The molecule has 0 spiro atoms. The van der Waals surface area contributed by atoms with Crippen molar-refractivity contribution in [3.05, 3.63) is 52.8 Å². The van der Waals surface area contributed by atoms with Crippen LogP contribution in [0.4, 0.5) is 0 Å². The molecule has 1 heterocycles. The number of nitrogens with zero attached hydrogens (tertiary/aromatic N) is 1. The Labute approximate surface area is 173 Å². The van der Waals surface area contributed by atoms with Gasteiger partial charge in [0.15, 0.2) is 13.2 Å². The van der Waals surface area contributed by atoms with Crippen molar-refractivity contribution in [1.29, 1.82) is 0 Å². The van der Waals surface area contributed by atoms with Crippen molar-refractivity contribution in [2.75, 3.05) is 26.3 Å². The lowest BCUT2D eigenvalue weighted by atomic mass is 10.3. The molecule has 2 rings (SSSR count). The normalized spacial score (nSPS) is 10.2. The molecule has 0 aliphatic heterocycles. The van der Waals surface area contributed by atoms with Crippen molar-refractivity contribution in [2.45, 2.75) is 12.8 Å². The van der Waals surface area contributed by atoms with E-state index in [1.54, 1.807) is 36.4 Å². The molecule has 1 aromatic carbocycles. The summed E-state index contributed by atoms with van der Waals surface area (Å²) in [6, 6.07) is 10.0. The van der Waals surface area contributed by atoms with Gasteiger partial charge in [-0.25, -0.2) is 4.98 Å². The fraction of sp³-hybridized carbons (Fsp3) is 0.316. The van der Waals surface area contributed by atoms with Crippen molar-refractivity contribution in [3.8, 4) is 11.5 Å². The van der Waals surface area contributed by atoms with Gasteiger partial charge in [0, 0.05) is 18.1 Å². The highest BCUT2D eigenvalue weighted by atomic mass is 35.5. The van der Waals surface area contributed by atoms with E-state index in [-0.39, 0.29) is 25.0 Å². The zero-order valence-corrected chi connectivity index (χ0v) is 16.6. The van der Waals surface area contributed by atoms with Gasteiger partial charge in [-0.05, 0) is 49.2 Å². The average molecular weight is 426 g/mol. The van der Waals surface area contributed by atoms with Crippen LogP contribution in [0.2, 0.25) is 10.2 Å². The van der Waals surface area contributed by atoms with E-state index in [1.807, 2.05) is 0 Å². The molecule has 0 fully saturated rings. The number of carbonyl (C=O) groups is 2. The molecule has 150 valence electrons.